The summed E-state index contributed by atoms with van der Waals surface area (Å²) in [6.45, 7) is 3.78. The number of hydrogen-bond donors (Lipinski definition) is 1. The van der Waals surface area contributed by atoms with Gasteiger partial charge in [-0.15, -0.1) is 0 Å². The van der Waals surface area contributed by atoms with Gasteiger partial charge in [0.15, 0.2) is 17.7 Å². The van der Waals surface area contributed by atoms with Crippen LogP contribution in [0.1, 0.15) is 36.5 Å². The topological polar surface area (TPSA) is 41.9 Å². The quantitative estimate of drug-likeness (QED) is 0.335. The van der Waals surface area contributed by atoms with E-state index in [2.05, 4.69) is 4.90 Å². The first-order valence-electron chi connectivity index (χ1n) is 12.4. The minimum atomic E-state index is -0.994. The number of phenolic OH excluding ortho intramolecular Hbond substituents is 1. The Labute approximate surface area is 208 Å². The van der Waals surface area contributed by atoms with Crippen LogP contribution >= 0.6 is 0 Å². The molecular formula is C30H27F2NO3. The van der Waals surface area contributed by atoms with E-state index in [-0.39, 0.29) is 11.5 Å². The van der Waals surface area contributed by atoms with Crippen LogP contribution in [-0.2, 0) is 0 Å². The van der Waals surface area contributed by atoms with Crippen molar-refractivity contribution < 1.29 is 23.4 Å². The normalized spacial score (nSPS) is 17.3. The number of phenols is 1. The van der Waals surface area contributed by atoms with Crippen LogP contribution in [0.4, 0.5) is 8.78 Å². The molecule has 6 rings (SSSR count). The maximum absolute atomic E-state index is 14.8. The third-order valence-electron chi connectivity index (χ3n) is 7.19. The van der Waals surface area contributed by atoms with E-state index in [1.165, 1.54) is 19.3 Å². The Bertz CT molecular complexity index is 1410. The first-order chi connectivity index (χ1) is 17.6. The number of piperidine rings is 1. The smallest absolute Gasteiger partial charge is 0.201 e. The molecule has 1 atom stereocenters. The highest BCUT2D eigenvalue weighted by atomic mass is 19.2. The van der Waals surface area contributed by atoms with E-state index in [9.17, 15) is 13.9 Å². The predicted molar refractivity (Wildman–Crippen MR) is 136 cm³/mol. The molecule has 0 amide bonds. The van der Waals surface area contributed by atoms with Gasteiger partial charge in [0.2, 0.25) is 5.82 Å². The Morgan fingerprint density at radius 2 is 1.67 bits per heavy atom. The second kappa shape index (κ2) is 9.43. The molecule has 36 heavy (non-hydrogen) atoms. The van der Waals surface area contributed by atoms with Crippen LogP contribution in [0.5, 0.6) is 17.2 Å². The van der Waals surface area contributed by atoms with Crippen LogP contribution in [0.2, 0.25) is 0 Å². The number of aromatic hydroxyl groups is 1. The minimum Gasteiger partial charge on any atom is -0.508 e. The Balaban J connectivity index is 1.34. The first kappa shape index (κ1) is 22.8. The molecule has 0 bridgehead atoms. The number of benzene rings is 4. The van der Waals surface area contributed by atoms with E-state index in [4.69, 9.17) is 9.47 Å². The standard InChI is InChI=1S/C30H27F2NO3/c31-26-13-12-25-24-10-6-20-18-21(34)7-11-23(20)27(24)29(36-30(25)28(26)32)19-4-8-22(9-5-19)35-17-16-33-14-2-1-3-15-33/h4-13,18,29,34H,1-3,14-17H2. The van der Waals surface area contributed by atoms with Gasteiger partial charge in [0.05, 0.1) is 0 Å². The summed E-state index contributed by atoms with van der Waals surface area (Å²) in [6.07, 6.45) is 3.15. The number of fused-ring (bicyclic) bond motifs is 5. The van der Waals surface area contributed by atoms with Crippen LogP contribution < -0.4 is 9.47 Å². The molecule has 2 aliphatic heterocycles. The van der Waals surface area contributed by atoms with Crippen molar-refractivity contribution in [3.63, 3.8) is 0 Å². The number of nitrogens with zero attached hydrogens (tertiary/aromatic N) is 1. The zero-order chi connectivity index (χ0) is 24.6. The van der Waals surface area contributed by atoms with Crippen molar-refractivity contribution >= 4 is 10.8 Å². The maximum atomic E-state index is 14.8. The van der Waals surface area contributed by atoms with Gasteiger partial charge in [-0.25, -0.2) is 4.39 Å². The van der Waals surface area contributed by atoms with Crippen molar-refractivity contribution in [3.8, 4) is 28.4 Å². The molecule has 0 radical (unpaired) electrons. The van der Waals surface area contributed by atoms with Crippen LogP contribution in [0.3, 0.4) is 0 Å². The predicted octanol–water partition coefficient (Wildman–Crippen LogP) is 6.84. The number of halogens is 2. The fraction of sp³-hybridized carbons (Fsp3) is 0.267. The number of likely N-dealkylation sites (tertiary alicyclic amines) is 1. The third kappa shape index (κ3) is 4.16. The molecule has 4 nitrogen and oxygen atoms in total. The summed E-state index contributed by atoms with van der Waals surface area (Å²) in [4.78, 5) is 2.43. The lowest BCUT2D eigenvalue weighted by atomic mass is 9.86. The lowest BCUT2D eigenvalue weighted by Gasteiger charge is -2.31. The summed E-state index contributed by atoms with van der Waals surface area (Å²) in [6, 6.07) is 19.2. The third-order valence-corrected chi connectivity index (χ3v) is 7.19. The minimum absolute atomic E-state index is 0.0903. The fourth-order valence-electron chi connectivity index (χ4n) is 5.34. The Hall–Kier alpha value is -3.64. The van der Waals surface area contributed by atoms with Gasteiger partial charge < -0.3 is 14.6 Å². The number of ether oxygens (including phenoxy) is 2. The Morgan fingerprint density at radius 1 is 0.889 bits per heavy atom. The average molecular weight is 488 g/mol. The molecule has 0 saturated carbocycles. The van der Waals surface area contributed by atoms with E-state index >= 15 is 0 Å². The summed E-state index contributed by atoms with van der Waals surface area (Å²) in [5, 5.41) is 11.7. The molecular weight excluding hydrogens is 460 g/mol. The molecule has 1 unspecified atom stereocenters. The van der Waals surface area contributed by atoms with Gasteiger partial charge in [-0.3, -0.25) is 4.90 Å². The Kier molecular flexibility index (Phi) is 5.97. The molecule has 2 aliphatic rings. The molecule has 4 aromatic carbocycles. The highest BCUT2D eigenvalue weighted by Crippen LogP contribution is 2.49. The van der Waals surface area contributed by atoms with Crippen LogP contribution in [0, 0.1) is 11.6 Å². The van der Waals surface area contributed by atoms with Gasteiger partial charge in [0.1, 0.15) is 18.1 Å². The molecule has 2 heterocycles. The number of hydrogen-bond acceptors (Lipinski definition) is 4. The van der Waals surface area contributed by atoms with E-state index < -0.39 is 17.7 Å². The van der Waals surface area contributed by atoms with Crippen molar-refractivity contribution in [2.45, 2.75) is 25.4 Å². The zero-order valence-electron chi connectivity index (χ0n) is 19.8. The van der Waals surface area contributed by atoms with Gasteiger partial charge in [-0.2, -0.15) is 4.39 Å². The van der Waals surface area contributed by atoms with E-state index in [1.807, 2.05) is 42.5 Å². The number of rotatable bonds is 5. The van der Waals surface area contributed by atoms with Crippen molar-refractivity contribution in [2.75, 3.05) is 26.2 Å². The highest BCUT2D eigenvalue weighted by Gasteiger charge is 2.32. The second-order valence-electron chi connectivity index (χ2n) is 9.49. The maximum Gasteiger partial charge on any atom is 0.201 e. The van der Waals surface area contributed by atoms with E-state index in [1.54, 1.807) is 18.2 Å². The summed E-state index contributed by atoms with van der Waals surface area (Å²) in [5.41, 5.74) is 2.94. The summed E-state index contributed by atoms with van der Waals surface area (Å²) in [5.74, 6) is -1.11. The van der Waals surface area contributed by atoms with Crippen LogP contribution in [-0.4, -0.2) is 36.2 Å². The molecule has 184 valence electrons. The molecule has 1 N–H and O–H groups in total. The largest absolute Gasteiger partial charge is 0.508 e. The molecule has 1 fully saturated rings. The van der Waals surface area contributed by atoms with Gasteiger partial charge in [-0.1, -0.05) is 36.8 Å². The van der Waals surface area contributed by atoms with Crippen LogP contribution in [0.25, 0.3) is 21.9 Å². The van der Waals surface area contributed by atoms with E-state index in [0.29, 0.717) is 12.2 Å². The monoisotopic (exact) mass is 487 g/mol. The molecule has 0 aromatic heterocycles. The zero-order valence-corrected chi connectivity index (χ0v) is 19.8. The average Bonchev–Trinajstić information content (AvgIpc) is 2.91. The highest BCUT2D eigenvalue weighted by molar-refractivity contribution is 5.95. The summed E-state index contributed by atoms with van der Waals surface area (Å²) < 4.78 is 41.1. The van der Waals surface area contributed by atoms with Crippen molar-refractivity contribution in [2.24, 2.45) is 0 Å². The van der Waals surface area contributed by atoms with Crippen molar-refractivity contribution in [1.82, 2.24) is 4.90 Å². The SMILES string of the molecule is Oc1ccc2c3c(ccc2c1)-c1ccc(F)c(F)c1OC3c1ccc(OCCN2CCCCC2)cc1. The lowest BCUT2D eigenvalue weighted by Crippen LogP contribution is -2.33. The first-order valence-corrected chi connectivity index (χ1v) is 12.4. The molecule has 6 heteroatoms. The summed E-state index contributed by atoms with van der Waals surface area (Å²) in [7, 11) is 0. The van der Waals surface area contributed by atoms with Crippen LogP contribution in [0.15, 0.2) is 66.7 Å². The van der Waals surface area contributed by atoms with Gasteiger partial charge in [-0.05, 0) is 84.2 Å². The molecule has 0 spiro atoms. The molecule has 1 saturated heterocycles. The lowest BCUT2D eigenvalue weighted by molar-refractivity contribution is 0.183. The van der Waals surface area contributed by atoms with Crippen molar-refractivity contribution in [1.29, 1.82) is 0 Å². The second-order valence-corrected chi connectivity index (χ2v) is 9.49. The molecule has 4 aromatic rings. The van der Waals surface area contributed by atoms with Gasteiger partial charge in [0.25, 0.3) is 0 Å². The fourth-order valence-corrected chi connectivity index (χ4v) is 5.34. The van der Waals surface area contributed by atoms with Crippen molar-refractivity contribution in [3.05, 3.63) is 89.5 Å². The molecule has 0 aliphatic carbocycles. The Morgan fingerprint density at radius 3 is 2.47 bits per heavy atom. The van der Waals surface area contributed by atoms with E-state index in [0.717, 1.165) is 58.9 Å². The summed E-state index contributed by atoms with van der Waals surface area (Å²) >= 11 is 0. The van der Waals surface area contributed by atoms with Gasteiger partial charge in [0, 0.05) is 17.7 Å². The van der Waals surface area contributed by atoms with Gasteiger partial charge >= 0.3 is 0 Å².